The molecule has 0 saturated carbocycles. The molecule has 74 valence electrons. The second kappa shape index (κ2) is 5.06. The smallest absolute Gasteiger partial charge is 0.0392 e. The topological polar surface area (TPSA) is 0 Å². The Hall–Kier alpha value is -0.780. The quantitative estimate of drug-likeness (QED) is 0.557. The number of aryl methyl sites for hydroxylation is 2. The van der Waals surface area contributed by atoms with Gasteiger partial charge in [0.15, 0.2) is 0 Å². The van der Waals surface area contributed by atoms with E-state index in [9.17, 15) is 0 Å². The van der Waals surface area contributed by atoms with E-state index in [0.717, 1.165) is 0 Å². The minimum absolute atomic E-state index is 1.41. The number of rotatable bonds is 0. The lowest BCUT2D eigenvalue weighted by atomic mass is 9.96. The second-order valence-corrected chi connectivity index (χ2v) is 3.39. The van der Waals surface area contributed by atoms with Gasteiger partial charge in [-0.25, -0.2) is 0 Å². The summed E-state index contributed by atoms with van der Waals surface area (Å²) < 4.78 is 0. The van der Waals surface area contributed by atoms with Gasteiger partial charge in [0.2, 0.25) is 0 Å². The van der Waals surface area contributed by atoms with Crippen LogP contribution in [-0.2, 0) is 0 Å². The van der Waals surface area contributed by atoms with Gasteiger partial charge in [-0.15, -0.1) is 0 Å². The molecule has 0 atom stereocenters. The van der Waals surface area contributed by atoms with Crippen LogP contribution in [0.1, 0.15) is 41.7 Å². The molecule has 0 heteroatoms. The fourth-order valence-corrected chi connectivity index (χ4v) is 1.41. The molecular formula is C13H22. The van der Waals surface area contributed by atoms with E-state index in [-0.39, 0.29) is 0 Å². The Bertz CT molecular complexity index is 256. The van der Waals surface area contributed by atoms with Crippen LogP contribution in [0.15, 0.2) is 6.07 Å². The molecule has 0 spiro atoms. The van der Waals surface area contributed by atoms with Crippen molar-refractivity contribution in [3.63, 3.8) is 0 Å². The van der Waals surface area contributed by atoms with Gasteiger partial charge < -0.3 is 0 Å². The first-order valence-electron chi connectivity index (χ1n) is 5.08. The SMILES string of the molecule is CC.Cc1cc(C)c(C)c(C)c1C. The maximum atomic E-state index is 2.26. The Balaban J connectivity index is 0.000000671. The summed E-state index contributed by atoms with van der Waals surface area (Å²) in [6.45, 7) is 14.9. The van der Waals surface area contributed by atoms with Crippen LogP contribution in [0, 0.1) is 34.6 Å². The Morgan fingerprint density at radius 1 is 0.615 bits per heavy atom. The van der Waals surface area contributed by atoms with Gasteiger partial charge in [-0.1, -0.05) is 19.9 Å². The number of hydrogen-bond acceptors (Lipinski definition) is 0. The third kappa shape index (κ3) is 2.58. The highest BCUT2D eigenvalue weighted by Gasteiger charge is 2.02. The van der Waals surface area contributed by atoms with Crippen molar-refractivity contribution in [2.24, 2.45) is 0 Å². The largest absolute Gasteiger partial charge is 0.0683 e. The van der Waals surface area contributed by atoms with Crippen LogP contribution in [0.5, 0.6) is 0 Å². The Kier molecular flexibility index (Phi) is 4.76. The van der Waals surface area contributed by atoms with Crippen LogP contribution in [0.2, 0.25) is 0 Å². The van der Waals surface area contributed by atoms with E-state index in [1.54, 1.807) is 0 Å². The lowest BCUT2D eigenvalue weighted by molar-refractivity contribution is 1.18. The molecule has 1 rings (SSSR count). The van der Waals surface area contributed by atoms with E-state index >= 15 is 0 Å². The summed E-state index contributed by atoms with van der Waals surface area (Å²) in [6.07, 6.45) is 0. The minimum Gasteiger partial charge on any atom is -0.0683 e. The summed E-state index contributed by atoms with van der Waals surface area (Å²) in [4.78, 5) is 0. The van der Waals surface area contributed by atoms with Gasteiger partial charge >= 0.3 is 0 Å². The zero-order valence-electron chi connectivity index (χ0n) is 10.1. The van der Waals surface area contributed by atoms with E-state index < -0.39 is 0 Å². The van der Waals surface area contributed by atoms with Crippen molar-refractivity contribution in [3.05, 3.63) is 33.9 Å². The van der Waals surface area contributed by atoms with E-state index in [1.165, 1.54) is 27.8 Å². The summed E-state index contributed by atoms with van der Waals surface area (Å²) in [5.41, 5.74) is 7.14. The Morgan fingerprint density at radius 2 is 0.923 bits per heavy atom. The summed E-state index contributed by atoms with van der Waals surface area (Å²) in [5.74, 6) is 0. The summed E-state index contributed by atoms with van der Waals surface area (Å²) in [6, 6.07) is 2.26. The lowest BCUT2D eigenvalue weighted by Crippen LogP contribution is -1.93. The van der Waals surface area contributed by atoms with Gasteiger partial charge in [-0.05, 0) is 62.4 Å². The van der Waals surface area contributed by atoms with Crippen molar-refractivity contribution in [1.29, 1.82) is 0 Å². The van der Waals surface area contributed by atoms with Crippen LogP contribution in [0.3, 0.4) is 0 Å². The molecule has 0 radical (unpaired) electrons. The molecular weight excluding hydrogens is 156 g/mol. The summed E-state index contributed by atoms with van der Waals surface area (Å²) in [7, 11) is 0. The van der Waals surface area contributed by atoms with Crippen LogP contribution >= 0.6 is 0 Å². The Morgan fingerprint density at radius 3 is 1.23 bits per heavy atom. The maximum absolute atomic E-state index is 2.26. The summed E-state index contributed by atoms with van der Waals surface area (Å²) in [5, 5.41) is 0. The molecule has 0 aliphatic carbocycles. The Labute approximate surface area is 83.0 Å². The third-order valence-corrected chi connectivity index (χ3v) is 2.74. The molecule has 0 bridgehead atoms. The fourth-order valence-electron chi connectivity index (χ4n) is 1.41. The number of hydrogen-bond donors (Lipinski definition) is 0. The van der Waals surface area contributed by atoms with Crippen LogP contribution in [0.4, 0.5) is 0 Å². The zero-order valence-corrected chi connectivity index (χ0v) is 10.1. The van der Waals surface area contributed by atoms with Crippen molar-refractivity contribution in [3.8, 4) is 0 Å². The van der Waals surface area contributed by atoms with Crippen LogP contribution in [0.25, 0.3) is 0 Å². The molecule has 13 heavy (non-hydrogen) atoms. The van der Waals surface area contributed by atoms with E-state index in [1.807, 2.05) is 13.8 Å². The zero-order chi connectivity index (χ0) is 10.6. The van der Waals surface area contributed by atoms with Gasteiger partial charge in [-0.2, -0.15) is 0 Å². The highest BCUT2D eigenvalue weighted by Crippen LogP contribution is 2.19. The molecule has 0 saturated heterocycles. The van der Waals surface area contributed by atoms with Crippen LogP contribution in [-0.4, -0.2) is 0 Å². The predicted molar refractivity (Wildman–Crippen MR) is 61.5 cm³/mol. The van der Waals surface area contributed by atoms with E-state index in [2.05, 4.69) is 40.7 Å². The first kappa shape index (κ1) is 12.2. The number of benzene rings is 1. The molecule has 1 aromatic rings. The molecule has 1 aromatic carbocycles. The van der Waals surface area contributed by atoms with E-state index in [0.29, 0.717) is 0 Å². The molecule has 0 aliphatic heterocycles. The third-order valence-electron chi connectivity index (χ3n) is 2.74. The van der Waals surface area contributed by atoms with Gasteiger partial charge in [0.25, 0.3) is 0 Å². The molecule has 0 nitrogen and oxygen atoms in total. The van der Waals surface area contributed by atoms with Gasteiger partial charge in [0, 0.05) is 0 Å². The molecule has 0 heterocycles. The molecule has 0 aromatic heterocycles. The van der Waals surface area contributed by atoms with Crippen molar-refractivity contribution in [1.82, 2.24) is 0 Å². The highest BCUT2D eigenvalue weighted by atomic mass is 14.1. The van der Waals surface area contributed by atoms with E-state index in [4.69, 9.17) is 0 Å². The average Bonchev–Trinajstić information content (AvgIpc) is 2.15. The van der Waals surface area contributed by atoms with Crippen molar-refractivity contribution in [2.75, 3.05) is 0 Å². The van der Waals surface area contributed by atoms with Crippen molar-refractivity contribution < 1.29 is 0 Å². The first-order chi connectivity index (χ1) is 6.04. The molecule has 0 fully saturated rings. The summed E-state index contributed by atoms with van der Waals surface area (Å²) >= 11 is 0. The predicted octanol–water partition coefficient (Wildman–Crippen LogP) is 4.25. The normalized spacial score (nSPS) is 9.15. The standard InChI is InChI=1S/C11H16.C2H6/c1-7-6-8(2)10(4)11(5)9(7)3;1-2/h6H,1-5H3;1-2H3. The van der Waals surface area contributed by atoms with Crippen molar-refractivity contribution in [2.45, 2.75) is 48.5 Å². The van der Waals surface area contributed by atoms with Gasteiger partial charge in [0.1, 0.15) is 0 Å². The monoisotopic (exact) mass is 178 g/mol. The lowest BCUT2D eigenvalue weighted by Gasteiger charge is -2.10. The molecule has 0 amide bonds. The van der Waals surface area contributed by atoms with Gasteiger partial charge in [-0.3, -0.25) is 0 Å². The fraction of sp³-hybridized carbons (Fsp3) is 0.538. The molecule has 0 aliphatic rings. The second-order valence-electron chi connectivity index (χ2n) is 3.39. The van der Waals surface area contributed by atoms with Crippen LogP contribution < -0.4 is 0 Å². The highest BCUT2D eigenvalue weighted by molar-refractivity contribution is 5.42. The minimum atomic E-state index is 1.41. The molecule has 0 N–H and O–H groups in total. The first-order valence-corrected chi connectivity index (χ1v) is 5.08. The molecule has 0 unspecified atom stereocenters. The maximum Gasteiger partial charge on any atom is -0.0392 e. The average molecular weight is 178 g/mol. The van der Waals surface area contributed by atoms with Crippen molar-refractivity contribution >= 4 is 0 Å². The van der Waals surface area contributed by atoms with Gasteiger partial charge in [0.05, 0.1) is 0 Å².